The molecule has 0 spiro atoms. The fourth-order valence-electron chi connectivity index (χ4n) is 3.09. The van der Waals surface area contributed by atoms with Gasteiger partial charge in [-0.25, -0.2) is 0 Å². The second kappa shape index (κ2) is 8.04. The zero-order valence-corrected chi connectivity index (χ0v) is 16.1. The van der Waals surface area contributed by atoms with Crippen molar-refractivity contribution in [3.63, 3.8) is 0 Å². The molecule has 0 radical (unpaired) electrons. The van der Waals surface area contributed by atoms with Crippen LogP contribution in [0.5, 0.6) is 0 Å². The topological polar surface area (TPSA) is 0 Å². The molecule has 0 nitrogen and oxygen atoms in total. The normalized spacial score (nSPS) is 20.6. The third-order valence-electron chi connectivity index (χ3n) is 4.61. The summed E-state index contributed by atoms with van der Waals surface area (Å²) in [5.41, 5.74) is 2.02. The number of hydrogen-bond donors (Lipinski definition) is 0. The van der Waals surface area contributed by atoms with Crippen molar-refractivity contribution in [2.75, 3.05) is 5.75 Å². The quantitative estimate of drug-likeness (QED) is 0.309. The first kappa shape index (κ1) is 18.1. The van der Waals surface area contributed by atoms with Crippen LogP contribution in [-0.2, 0) is 0 Å². The van der Waals surface area contributed by atoms with Crippen LogP contribution < -0.4 is 0 Å². The van der Waals surface area contributed by atoms with Gasteiger partial charge in [-0.3, -0.25) is 0 Å². The molecular formula is C19H26Cl2S. The van der Waals surface area contributed by atoms with Gasteiger partial charge in [-0.2, -0.15) is 0 Å². The summed E-state index contributed by atoms with van der Waals surface area (Å²) in [6.45, 7) is 7.09. The van der Waals surface area contributed by atoms with Gasteiger partial charge in [-0.15, -0.1) is 10.5 Å². The molecule has 2 rings (SSSR count). The summed E-state index contributed by atoms with van der Waals surface area (Å²) in [7, 11) is -0.196. The number of benzene rings is 1. The van der Waals surface area contributed by atoms with Crippen molar-refractivity contribution in [3.8, 4) is 0 Å². The Labute approximate surface area is 147 Å². The van der Waals surface area contributed by atoms with E-state index in [4.69, 9.17) is 23.2 Å². The van der Waals surface area contributed by atoms with Gasteiger partial charge in [0.25, 0.3) is 0 Å². The lowest BCUT2D eigenvalue weighted by molar-refractivity contribution is 0.197. The Morgan fingerprint density at radius 1 is 1.14 bits per heavy atom. The summed E-state index contributed by atoms with van der Waals surface area (Å²) in [6.07, 6.45) is 7.47. The molecule has 1 unspecified atom stereocenters. The fraction of sp³-hybridized carbons (Fsp3) is 0.526. The van der Waals surface area contributed by atoms with Crippen LogP contribution in [0.4, 0.5) is 0 Å². The van der Waals surface area contributed by atoms with E-state index in [1.807, 2.05) is 18.2 Å². The van der Waals surface area contributed by atoms with Gasteiger partial charge in [0, 0.05) is 10.6 Å². The maximum Gasteiger partial charge on any atom is 0.135 e. The van der Waals surface area contributed by atoms with Gasteiger partial charge in [0.05, 0.1) is 0 Å². The molecule has 3 heteroatoms. The summed E-state index contributed by atoms with van der Waals surface area (Å²) in [5.74, 6) is 1.78. The fourth-order valence-corrected chi connectivity index (χ4v) is 5.39. The number of halogens is 2. The highest BCUT2D eigenvalue weighted by atomic mass is 35.5. The minimum atomic E-state index is -0.196. The average molecular weight is 357 g/mol. The van der Waals surface area contributed by atoms with Crippen LogP contribution in [0.25, 0.3) is 0 Å². The smallest absolute Gasteiger partial charge is 0.121 e. The summed E-state index contributed by atoms with van der Waals surface area (Å²) in [5, 5.41) is 0. The van der Waals surface area contributed by atoms with Crippen molar-refractivity contribution in [2.24, 2.45) is 11.3 Å². The van der Waals surface area contributed by atoms with Crippen LogP contribution in [0, 0.1) is 11.3 Å². The maximum atomic E-state index is 6.14. The van der Waals surface area contributed by atoms with Gasteiger partial charge < -0.3 is 0 Å². The van der Waals surface area contributed by atoms with E-state index in [0.29, 0.717) is 9.20 Å². The molecule has 1 aliphatic carbocycles. The molecular weight excluding hydrogens is 331 g/mol. The van der Waals surface area contributed by atoms with Gasteiger partial charge in [-0.1, -0.05) is 73.8 Å². The summed E-state index contributed by atoms with van der Waals surface area (Å²) >= 11 is 12.3. The molecule has 0 aromatic heterocycles. The molecule has 1 aromatic carbocycles. The molecule has 1 saturated carbocycles. The minimum absolute atomic E-state index is 0.196. The molecule has 0 heterocycles. The molecule has 1 aliphatic rings. The van der Waals surface area contributed by atoms with Crippen molar-refractivity contribution in [3.05, 3.63) is 42.0 Å². The molecule has 0 amide bonds. The van der Waals surface area contributed by atoms with Gasteiger partial charge in [0.15, 0.2) is 0 Å². The van der Waals surface area contributed by atoms with Gasteiger partial charge in [0.2, 0.25) is 0 Å². The van der Waals surface area contributed by atoms with E-state index in [1.54, 1.807) is 5.57 Å². The third kappa shape index (κ3) is 5.15. The Balaban J connectivity index is 2.01. The van der Waals surface area contributed by atoms with E-state index < -0.39 is 0 Å². The lowest BCUT2D eigenvalue weighted by atomic mass is 9.71. The molecule has 22 heavy (non-hydrogen) atoms. The number of rotatable bonds is 3. The van der Waals surface area contributed by atoms with Gasteiger partial charge in [0.1, 0.15) is 3.78 Å². The van der Waals surface area contributed by atoms with Crippen LogP contribution in [0.1, 0.15) is 46.5 Å². The van der Waals surface area contributed by atoms with Crippen LogP contribution in [0.15, 0.2) is 46.9 Å². The van der Waals surface area contributed by atoms with E-state index in [2.05, 4.69) is 39.0 Å². The highest BCUT2D eigenvalue weighted by molar-refractivity contribution is 8.19. The van der Waals surface area contributed by atoms with Crippen LogP contribution in [0.2, 0.25) is 0 Å². The molecule has 0 saturated heterocycles. The van der Waals surface area contributed by atoms with Crippen molar-refractivity contribution in [1.82, 2.24) is 0 Å². The van der Waals surface area contributed by atoms with Crippen molar-refractivity contribution in [1.29, 1.82) is 0 Å². The third-order valence-corrected chi connectivity index (χ3v) is 7.44. The van der Waals surface area contributed by atoms with Crippen molar-refractivity contribution in [2.45, 2.75) is 51.3 Å². The molecule has 122 valence electrons. The van der Waals surface area contributed by atoms with Crippen LogP contribution >= 0.6 is 33.7 Å². The Hall–Kier alpha value is -0.240. The van der Waals surface area contributed by atoms with E-state index in [0.717, 1.165) is 11.7 Å². The molecule has 1 atom stereocenters. The molecule has 0 aliphatic heterocycles. The Kier molecular flexibility index (Phi) is 6.61. The summed E-state index contributed by atoms with van der Waals surface area (Å²) < 4.78 is 0.492. The zero-order chi connectivity index (χ0) is 16.2. The monoisotopic (exact) mass is 356 g/mol. The van der Waals surface area contributed by atoms with Crippen LogP contribution in [0.3, 0.4) is 0 Å². The van der Waals surface area contributed by atoms with Crippen molar-refractivity contribution >= 4 is 37.5 Å². The number of allylic oxidation sites excluding steroid dienone is 1. The highest BCUT2D eigenvalue weighted by Gasteiger charge is 2.27. The Morgan fingerprint density at radius 3 is 2.23 bits per heavy atom. The number of hydrogen-bond acceptors (Lipinski definition) is 0. The lowest BCUT2D eigenvalue weighted by Crippen LogP contribution is -2.23. The lowest BCUT2D eigenvalue weighted by Gasteiger charge is -2.34. The Morgan fingerprint density at radius 2 is 1.73 bits per heavy atom. The zero-order valence-electron chi connectivity index (χ0n) is 13.7. The van der Waals surface area contributed by atoms with E-state index in [9.17, 15) is 0 Å². The second-order valence-electron chi connectivity index (χ2n) is 7.10. The van der Waals surface area contributed by atoms with Crippen LogP contribution in [-0.4, -0.2) is 9.54 Å². The first-order valence-corrected chi connectivity index (χ1v) is 10.1. The van der Waals surface area contributed by atoms with E-state index >= 15 is 0 Å². The SMILES string of the molecule is CC(C)(C)C1CCC(=CCS(=C(Cl)Cl)c2ccccc2)CC1. The predicted octanol–water partition coefficient (Wildman–Crippen LogP) is 7.04. The summed E-state index contributed by atoms with van der Waals surface area (Å²) in [6, 6.07) is 10.4. The predicted molar refractivity (Wildman–Crippen MR) is 103 cm³/mol. The molecule has 0 N–H and O–H groups in total. The van der Waals surface area contributed by atoms with E-state index in [-0.39, 0.29) is 10.5 Å². The highest BCUT2D eigenvalue weighted by Crippen LogP contribution is 2.40. The largest absolute Gasteiger partial charge is 0.135 e. The first-order chi connectivity index (χ1) is 10.4. The molecule has 1 aromatic rings. The van der Waals surface area contributed by atoms with Crippen molar-refractivity contribution < 1.29 is 0 Å². The minimum Gasteiger partial charge on any atom is -0.121 e. The van der Waals surface area contributed by atoms with E-state index in [1.165, 1.54) is 30.6 Å². The second-order valence-corrected chi connectivity index (χ2v) is 10.5. The first-order valence-electron chi connectivity index (χ1n) is 7.99. The summed E-state index contributed by atoms with van der Waals surface area (Å²) in [4.78, 5) is 1.22. The molecule has 1 fully saturated rings. The van der Waals surface area contributed by atoms with Gasteiger partial charge in [-0.05, 0) is 49.1 Å². The average Bonchev–Trinajstić information content (AvgIpc) is 2.48. The standard InChI is InChI=1S/C19H26Cl2S/c1-19(2,3)16-11-9-15(10-12-16)13-14-22(18(20)21)17-7-5-4-6-8-17/h4-8,13,16H,9-12,14H2,1-3H3. The Bertz CT molecular complexity index is 539. The maximum absolute atomic E-state index is 6.14. The molecule has 0 bridgehead atoms. The van der Waals surface area contributed by atoms with Gasteiger partial charge >= 0.3 is 0 Å².